The lowest BCUT2D eigenvalue weighted by Crippen LogP contribution is -2.55. The molecule has 0 aromatic carbocycles. The van der Waals surface area contributed by atoms with Gasteiger partial charge in [0.2, 0.25) is 0 Å². The van der Waals surface area contributed by atoms with Crippen molar-refractivity contribution >= 4 is 0 Å². The zero-order valence-electron chi connectivity index (χ0n) is 11.6. The summed E-state index contributed by atoms with van der Waals surface area (Å²) in [7, 11) is 0. The fourth-order valence-electron chi connectivity index (χ4n) is 3.79. The van der Waals surface area contributed by atoms with Crippen molar-refractivity contribution in [1.82, 2.24) is 9.80 Å². The molecule has 3 saturated heterocycles. The van der Waals surface area contributed by atoms with Gasteiger partial charge < -0.3 is 9.64 Å². The lowest BCUT2D eigenvalue weighted by molar-refractivity contribution is -0.00444. The van der Waals surface area contributed by atoms with E-state index in [4.69, 9.17) is 4.74 Å². The Morgan fingerprint density at radius 2 is 1.89 bits per heavy atom. The smallest absolute Gasteiger partial charge is 0.0587 e. The number of rotatable bonds is 3. The molecule has 3 aliphatic rings. The van der Waals surface area contributed by atoms with Crippen molar-refractivity contribution in [2.24, 2.45) is 0 Å². The van der Waals surface area contributed by atoms with E-state index in [1.165, 1.54) is 77.7 Å². The number of hydrogen-bond donors (Lipinski definition) is 0. The Morgan fingerprint density at radius 1 is 0.944 bits per heavy atom. The summed E-state index contributed by atoms with van der Waals surface area (Å²) < 4.78 is 5.84. The van der Waals surface area contributed by atoms with Gasteiger partial charge in [-0.3, -0.25) is 4.90 Å². The Balaban J connectivity index is 1.40. The summed E-state index contributed by atoms with van der Waals surface area (Å²) in [5, 5.41) is 0. The van der Waals surface area contributed by atoms with Crippen molar-refractivity contribution in [1.29, 1.82) is 0 Å². The molecule has 0 aliphatic carbocycles. The monoisotopic (exact) mass is 252 g/mol. The topological polar surface area (TPSA) is 15.7 Å². The van der Waals surface area contributed by atoms with Gasteiger partial charge in [-0.05, 0) is 45.1 Å². The highest BCUT2D eigenvalue weighted by Crippen LogP contribution is 2.22. The quantitative estimate of drug-likeness (QED) is 0.765. The SMILES string of the molecule is C1CCC(CCN2CCN3CCCCC3C2)OC1. The predicted octanol–water partition coefficient (Wildman–Crippen LogP) is 2.12. The van der Waals surface area contributed by atoms with Crippen LogP contribution in [-0.4, -0.2) is 61.3 Å². The van der Waals surface area contributed by atoms with Crippen molar-refractivity contribution in [3.8, 4) is 0 Å². The summed E-state index contributed by atoms with van der Waals surface area (Å²) >= 11 is 0. The third-order valence-corrected chi connectivity index (χ3v) is 4.96. The van der Waals surface area contributed by atoms with E-state index in [0.29, 0.717) is 6.10 Å². The van der Waals surface area contributed by atoms with E-state index in [9.17, 15) is 0 Å². The summed E-state index contributed by atoms with van der Waals surface area (Å²) in [6.45, 7) is 7.51. The van der Waals surface area contributed by atoms with Crippen LogP contribution in [0.5, 0.6) is 0 Å². The largest absolute Gasteiger partial charge is 0.378 e. The Kier molecular flexibility index (Phi) is 4.55. The molecule has 2 atom stereocenters. The molecule has 0 N–H and O–H groups in total. The molecule has 104 valence electrons. The molecule has 18 heavy (non-hydrogen) atoms. The number of fused-ring (bicyclic) bond motifs is 1. The van der Waals surface area contributed by atoms with E-state index in [1.807, 2.05) is 0 Å². The van der Waals surface area contributed by atoms with Gasteiger partial charge in [0.1, 0.15) is 0 Å². The average molecular weight is 252 g/mol. The molecule has 0 bridgehead atoms. The Morgan fingerprint density at radius 3 is 2.78 bits per heavy atom. The summed E-state index contributed by atoms with van der Waals surface area (Å²) in [5.41, 5.74) is 0. The highest BCUT2D eigenvalue weighted by molar-refractivity contribution is 4.85. The molecular weight excluding hydrogens is 224 g/mol. The van der Waals surface area contributed by atoms with Crippen LogP contribution >= 0.6 is 0 Å². The zero-order chi connectivity index (χ0) is 12.2. The molecule has 3 heterocycles. The lowest BCUT2D eigenvalue weighted by atomic mass is 9.99. The first kappa shape index (κ1) is 12.9. The number of ether oxygens (including phenoxy) is 1. The molecule has 3 nitrogen and oxygen atoms in total. The summed E-state index contributed by atoms with van der Waals surface area (Å²) in [5.74, 6) is 0. The summed E-state index contributed by atoms with van der Waals surface area (Å²) in [6, 6.07) is 0.861. The van der Waals surface area contributed by atoms with Crippen molar-refractivity contribution < 1.29 is 4.74 Å². The first-order chi connectivity index (χ1) is 8.92. The van der Waals surface area contributed by atoms with Gasteiger partial charge in [-0.1, -0.05) is 6.42 Å². The van der Waals surface area contributed by atoms with E-state index in [-0.39, 0.29) is 0 Å². The zero-order valence-corrected chi connectivity index (χ0v) is 11.6. The van der Waals surface area contributed by atoms with Crippen molar-refractivity contribution in [2.75, 3.05) is 39.3 Å². The second-order valence-electron chi connectivity index (χ2n) is 6.26. The normalized spacial score (nSPS) is 35.3. The number of hydrogen-bond acceptors (Lipinski definition) is 3. The van der Waals surface area contributed by atoms with Gasteiger partial charge >= 0.3 is 0 Å². The minimum Gasteiger partial charge on any atom is -0.378 e. The Labute approximate surface area is 111 Å². The third kappa shape index (κ3) is 3.25. The van der Waals surface area contributed by atoms with Crippen molar-refractivity contribution in [3.63, 3.8) is 0 Å². The van der Waals surface area contributed by atoms with Crippen LogP contribution in [0.1, 0.15) is 44.9 Å². The fraction of sp³-hybridized carbons (Fsp3) is 1.00. The molecule has 0 aromatic heterocycles. The van der Waals surface area contributed by atoms with Crippen LogP contribution in [0.3, 0.4) is 0 Å². The van der Waals surface area contributed by atoms with Crippen LogP contribution in [0.25, 0.3) is 0 Å². The molecule has 3 aliphatic heterocycles. The van der Waals surface area contributed by atoms with E-state index >= 15 is 0 Å². The summed E-state index contributed by atoms with van der Waals surface area (Å²) in [4.78, 5) is 5.40. The molecule has 2 unspecified atom stereocenters. The Bertz CT molecular complexity index is 253. The summed E-state index contributed by atoms with van der Waals surface area (Å²) in [6.07, 6.45) is 10.1. The third-order valence-electron chi connectivity index (χ3n) is 4.96. The molecule has 3 heteroatoms. The van der Waals surface area contributed by atoms with Gasteiger partial charge in [0.15, 0.2) is 0 Å². The predicted molar refractivity (Wildman–Crippen MR) is 73.9 cm³/mol. The maximum Gasteiger partial charge on any atom is 0.0587 e. The molecule has 3 fully saturated rings. The van der Waals surface area contributed by atoms with Crippen LogP contribution in [-0.2, 0) is 4.74 Å². The van der Waals surface area contributed by atoms with Crippen molar-refractivity contribution in [2.45, 2.75) is 57.1 Å². The van der Waals surface area contributed by atoms with E-state index in [0.717, 1.165) is 12.6 Å². The fourth-order valence-corrected chi connectivity index (χ4v) is 3.79. The first-order valence-electron chi connectivity index (χ1n) is 8.00. The van der Waals surface area contributed by atoms with E-state index < -0.39 is 0 Å². The molecule has 3 rings (SSSR count). The molecule has 0 amide bonds. The molecular formula is C15H28N2O. The number of nitrogens with zero attached hydrogens (tertiary/aromatic N) is 2. The van der Waals surface area contributed by atoms with Gasteiger partial charge in [0.25, 0.3) is 0 Å². The Hall–Kier alpha value is -0.120. The lowest BCUT2D eigenvalue weighted by Gasteiger charge is -2.44. The van der Waals surface area contributed by atoms with Crippen LogP contribution < -0.4 is 0 Å². The molecule has 0 saturated carbocycles. The molecule has 0 spiro atoms. The van der Waals surface area contributed by atoms with Crippen LogP contribution in [0, 0.1) is 0 Å². The maximum atomic E-state index is 5.84. The van der Waals surface area contributed by atoms with Crippen LogP contribution in [0.4, 0.5) is 0 Å². The second-order valence-corrected chi connectivity index (χ2v) is 6.26. The number of piperazine rings is 1. The van der Waals surface area contributed by atoms with Crippen LogP contribution in [0.2, 0.25) is 0 Å². The average Bonchev–Trinajstić information content (AvgIpc) is 2.46. The standard InChI is InChI=1S/C15H28N2O/c1-3-8-17-11-10-16(13-14(17)5-1)9-7-15-6-2-4-12-18-15/h14-15H,1-13H2. The highest BCUT2D eigenvalue weighted by Gasteiger charge is 2.28. The van der Waals surface area contributed by atoms with Gasteiger partial charge in [0.05, 0.1) is 6.10 Å². The van der Waals surface area contributed by atoms with Gasteiger partial charge in [0, 0.05) is 38.8 Å². The minimum absolute atomic E-state index is 0.558. The highest BCUT2D eigenvalue weighted by atomic mass is 16.5. The maximum absolute atomic E-state index is 5.84. The van der Waals surface area contributed by atoms with Gasteiger partial charge in [-0.25, -0.2) is 0 Å². The number of piperidine rings is 1. The van der Waals surface area contributed by atoms with E-state index in [2.05, 4.69) is 9.80 Å². The van der Waals surface area contributed by atoms with E-state index in [1.54, 1.807) is 0 Å². The second kappa shape index (κ2) is 6.36. The van der Waals surface area contributed by atoms with Gasteiger partial charge in [-0.15, -0.1) is 0 Å². The van der Waals surface area contributed by atoms with Gasteiger partial charge in [-0.2, -0.15) is 0 Å². The van der Waals surface area contributed by atoms with Crippen LogP contribution in [0.15, 0.2) is 0 Å². The van der Waals surface area contributed by atoms with Crippen molar-refractivity contribution in [3.05, 3.63) is 0 Å². The first-order valence-corrected chi connectivity index (χ1v) is 8.00. The molecule has 0 aromatic rings. The minimum atomic E-state index is 0.558. The molecule has 0 radical (unpaired) electrons.